The molecular formula is C13H15N3O2. The molecule has 1 saturated carbocycles. The average molecular weight is 245 g/mol. The van der Waals surface area contributed by atoms with E-state index in [4.69, 9.17) is 4.84 Å². The maximum absolute atomic E-state index is 11.9. The second-order valence-corrected chi connectivity index (χ2v) is 4.63. The zero-order chi connectivity index (χ0) is 12.4. The SMILES string of the molecule is O=C(NOC1CCCC1)c1ccc2[nH]ncc2c1. The van der Waals surface area contributed by atoms with E-state index in [1.807, 2.05) is 6.07 Å². The molecule has 1 amide bonds. The van der Waals surface area contributed by atoms with Crippen molar-refractivity contribution in [1.82, 2.24) is 15.7 Å². The first-order valence-corrected chi connectivity index (χ1v) is 6.22. The quantitative estimate of drug-likeness (QED) is 0.814. The lowest BCUT2D eigenvalue weighted by molar-refractivity contribution is -0.0124. The van der Waals surface area contributed by atoms with Crippen molar-refractivity contribution in [3.8, 4) is 0 Å². The van der Waals surface area contributed by atoms with Gasteiger partial charge in [-0.1, -0.05) is 12.8 Å². The van der Waals surface area contributed by atoms with Crippen LogP contribution in [0, 0.1) is 0 Å². The number of rotatable bonds is 3. The van der Waals surface area contributed by atoms with Crippen molar-refractivity contribution in [1.29, 1.82) is 0 Å². The third kappa shape index (κ3) is 2.22. The Morgan fingerprint density at radius 3 is 3.06 bits per heavy atom. The van der Waals surface area contributed by atoms with Gasteiger partial charge in [0.05, 0.1) is 17.8 Å². The highest BCUT2D eigenvalue weighted by atomic mass is 16.7. The molecule has 0 bridgehead atoms. The number of H-pyrrole nitrogens is 1. The lowest BCUT2D eigenvalue weighted by atomic mass is 10.1. The molecule has 1 aromatic heterocycles. The molecule has 0 aliphatic heterocycles. The Hall–Kier alpha value is -1.88. The molecule has 1 aromatic carbocycles. The molecule has 0 radical (unpaired) electrons. The first-order chi connectivity index (χ1) is 8.83. The molecule has 94 valence electrons. The van der Waals surface area contributed by atoms with Gasteiger partial charge in [-0.05, 0) is 31.0 Å². The third-order valence-corrected chi connectivity index (χ3v) is 3.32. The Morgan fingerprint density at radius 1 is 1.39 bits per heavy atom. The van der Waals surface area contributed by atoms with E-state index in [1.54, 1.807) is 18.3 Å². The average Bonchev–Trinajstić information content (AvgIpc) is 3.05. The third-order valence-electron chi connectivity index (χ3n) is 3.32. The van der Waals surface area contributed by atoms with Gasteiger partial charge < -0.3 is 0 Å². The van der Waals surface area contributed by atoms with E-state index < -0.39 is 0 Å². The molecule has 5 heteroatoms. The Labute approximate surface area is 104 Å². The number of benzene rings is 1. The Balaban J connectivity index is 1.67. The van der Waals surface area contributed by atoms with Gasteiger partial charge in [0.25, 0.3) is 5.91 Å². The monoisotopic (exact) mass is 245 g/mol. The lowest BCUT2D eigenvalue weighted by Gasteiger charge is -2.11. The number of carbonyl (C=O) groups excluding carboxylic acids is 1. The lowest BCUT2D eigenvalue weighted by Crippen LogP contribution is -2.28. The van der Waals surface area contributed by atoms with E-state index in [0.29, 0.717) is 5.56 Å². The second kappa shape index (κ2) is 4.78. The number of nitrogens with one attached hydrogen (secondary N) is 2. The zero-order valence-electron chi connectivity index (χ0n) is 9.98. The summed E-state index contributed by atoms with van der Waals surface area (Å²) in [6.45, 7) is 0. The zero-order valence-corrected chi connectivity index (χ0v) is 9.98. The molecule has 1 fully saturated rings. The topological polar surface area (TPSA) is 67.0 Å². The minimum Gasteiger partial charge on any atom is -0.278 e. The van der Waals surface area contributed by atoms with E-state index in [2.05, 4.69) is 15.7 Å². The molecule has 2 N–H and O–H groups in total. The number of fused-ring (bicyclic) bond motifs is 1. The van der Waals surface area contributed by atoms with Crippen LogP contribution in [0.25, 0.3) is 10.9 Å². The minimum absolute atomic E-state index is 0.173. The van der Waals surface area contributed by atoms with Crippen LogP contribution in [0.4, 0.5) is 0 Å². The van der Waals surface area contributed by atoms with Gasteiger partial charge in [-0.2, -0.15) is 5.10 Å². The minimum atomic E-state index is -0.204. The molecule has 1 aliphatic rings. The van der Waals surface area contributed by atoms with E-state index in [0.717, 1.165) is 23.7 Å². The fourth-order valence-corrected chi connectivity index (χ4v) is 2.29. The molecule has 1 aliphatic carbocycles. The number of amides is 1. The first kappa shape index (κ1) is 11.2. The summed E-state index contributed by atoms with van der Waals surface area (Å²) in [6, 6.07) is 5.40. The van der Waals surface area contributed by atoms with Crippen LogP contribution in [0.15, 0.2) is 24.4 Å². The summed E-state index contributed by atoms with van der Waals surface area (Å²) >= 11 is 0. The van der Waals surface area contributed by atoms with E-state index in [1.165, 1.54) is 12.8 Å². The van der Waals surface area contributed by atoms with Gasteiger partial charge in [0.1, 0.15) is 0 Å². The maximum atomic E-state index is 11.9. The number of hydroxylamine groups is 1. The van der Waals surface area contributed by atoms with Gasteiger partial charge in [-0.15, -0.1) is 0 Å². The molecule has 0 atom stereocenters. The number of hydrogen-bond acceptors (Lipinski definition) is 3. The molecular weight excluding hydrogens is 230 g/mol. The van der Waals surface area contributed by atoms with Gasteiger partial charge in [0.15, 0.2) is 0 Å². The summed E-state index contributed by atoms with van der Waals surface area (Å²) in [5, 5.41) is 7.69. The van der Waals surface area contributed by atoms with Crippen molar-refractivity contribution >= 4 is 16.8 Å². The highest BCUT2D eigenvalue weighted by molar-refractivity contribution is 5.97. The number of aromatic amines is 1. The predicted molar refractivity (Wildman–Crippen MR) is 66.9 cm³/mol. The summed E-state index contributed by atoms with van der Waals surface area (Å²) in [7, 11) is 0. The smallest absolute Gasteiger partial charge is 0.274 e. The largest absolute Gasteiger partial charge is 0.278 e. The Morgan fingerprint density at radius 2 is 2.22 bits per heavy atom. The van der Waals surface area contributed by atoms with Crippen LogP contribution in [-0.4, -0.2) is 22.2 Å². The number of aromatic nitrogens is 2. The highest BCUT2D eigenvalue weighted by Crippen LogP contribution is 2.20. The molecule has 0 spiro atoms. The molecule has 3 rings (SSSR count). The van der Waals surface area contributed by atoms with Crippen LogP contribution in [0.3, 0.4) is 0 Å². The Kier molecular flexibility index (Phi) is 2.98. The van der Waals surface area contributed by atoms with Gasteiger partial charge in [-0.3, -0.25) is 14.7 Å². The van der Waals surface area contributed by atoms with Crippen LogP contribution >= 0.6 is 0 Å². The van der Waals surface area contributed by atoms with Crippen molar-refractivity contribution in [2.45, 2.75) is 31.8 Å². The van der Waals surface area contributed by atoms with E-state index >= 15 is 0 Å². The summed E-state index contributed by atoms with van der Waals surface area (Å²) < 4.78 is 0. The summed E-state index contributed by atoms with van der Waals surface area (Å²) in [6.07, 6.45) is 6.29. The molecule has 5 nitrogen and oxygen atoms in total. The van der Waals surface area contributed by atoms with Gasteiger partial charge in [0, 0.05) is 10.9 Å². The summed E-state index contributed by atoms with van der Waals surface area (Å²) in [5.74, 6) is -0.204. The number of nitrogens with zero attached hydrogens (tertiary/aromatic N) is 1. The van der Waals surface area contributed by atoms with Crippen LogP contribution in [-0.2, 0) is 4.84 Å². The van der Waals surface area contributed by atoms with Crippen molar-refractivity contribution in [3.05, 3.63) is 30.0 Å². The first-order valence-electron chi connectivity index (χ1n) is 6.22. The van der Waals surface area contributed by atoms with Gasteiger partial charge >= 0.3 is 0 Å². The molecule has 0 saturated heterocycles. The van der Waals surface area contributed by atoms with Crippen LogP contribution < -0.4 is 5.48 Å². The number of carbonyl (C=O) groups is 1. The Bertz CT molecular complexity index is 558. The molecule has 1 heterocycles. The van der Waals surface area contributed by atoms with Crippen molar-refractivity contribution < 1.29 is 9.63 Å². The second-order valence-electron chi connectivity index (χ2n) is 4.63. The van der Waals surface area contributed by atoms with Crippen LogP contribution in [0.5, 0.6) is 0 Å². The fraction of sp³-hybridized carbons (Fsp3) is 0.385. The normalized spacial score (nSPS) is 16.2. The number of hydrogen-bond donors (Lipinski definition) is 2. The van der Waals surface area contributed by atoms with E-state index in [-0.39, 0.29) is 12.0 Å². The van der Waals surface area contributed by atoms with Crippen LogP contribution in [0.2, 0.25) is 0 Å². The van der Waals surface area contributed by atoms with Crippen molar-refractivity contribution in [2.75, 3.05) is 0 Å². The van der Waals surface area contributed by atoms with Gasteiger partial charge in [-0.25, -0.2) is 5.48 Å². The fourth-order valence-electron chi connectivity index (χ4n) is 2.29. The standard InChI is InChI=1S/C13H15N3O2/c17-13(16-18-11-3-1-2-4-11)9-5-6-12-10(7-9)8-14-15-12/h5-8,11H,1-4H2,(H,14,15)(H,16,17). The van der Waals surface area contributed by atoms with Crippen LogP contribution in [0.1, 0.15) is 36.0 Å². The maximum Gasteiger partial charge on any atom is 0.274 e. The van der Waals surface area contributed by atoms with Crippen molar-refractivity contribution in [3.63, 3.8) is 0 Å². The highest BCUT2D eigenvalue weighted by Gasteiger charge is 2.17. The summed E-state index contributed by atoms with van der Waals surface area (Å²) in [4.78, 5) is 17.3. The summed E-state index contributed by atoms with van der Waals surface area (Å²) in [5.41, 5.74) is 4.03. The molecule has 18 heavy (non-hydrogen) atoms. The van der Waals surface area contributed by atoms with Crippen molar-refractivity contribution in [2.24, 2.45) is 0 Å². The van der Waals surface area contributed by atoms with Gasteiger partial charge in [0.2, 0.25) is 0 Å². The predicted octanol–water partition coefficient (Wildman–Crippen LogP) is 2.17. The van der Waals surface area contributed by atoms with E-state index in [9.17, 15) is 4.79 Å². The molecule has 0 unspecified atom stereocenters. The molecule has 2 aromatic rings.